The third kappa shape index (κ3) is 7.03. The average Bonchev–Trinajstić information content (AvgIpc) is 2.45. The number of carbonyl (C=O) groups excluding carboxylic acids is 2. The van der Waals surface area contributed by atoms with Crippen LogP contribution in [0.25, 0.3) is 6.08 Å². The van der Waals surface area contributed by atoms with Gasteiger partial charge in [0, 0.05) is 19.0 Å². The van der Waals surface area contributed by atoms with Crippen molar-refractivity contribution in [2.75, 3.05) is 13.7 Å². The maximum Gasteiger partial charge on any atom is 0.305 e. The van der Waals surface area contributed by atoms with Gasteiger partial charge in [-0.2, -0.15) is 0 Å². The molecule has 4 nitrogen and oxygen atoms in total. The molecule has 0 spiro atoms. The van der Waals surface area contributed by atoms with Crippen LogP contribution in [0.15, 0.2) is 36.4 Å². The van der Waals surface area contributed by atoms with E-state index < -0.39 is 0 Å². The Morgan fingerprint density at radius 1 is 1.21 bits per heavy atom. The predicted octanol–water partition coefficient (Wildman–Crippen LogP) is 2.16. The number of hydrogen-bond donors (Lipinski definition) is 1. The Hall–Kier alpha value is -2.10. The summed E-state index contributed by atoms with van der Waals surface area (Å²) in [5.74, 6) is -0.336. The summed E-state index contributed by atoms with van der Waals surface area (Å²) >= 11 is 0. The number of unbranched alkanes of at least 4 members (excludes halogenated alkanes) is 1. The van der Waals surface area contributed by atoms with Crippen LogP contribution in [0.5, 0.6) is 0 Å². The normalized spacial score (nSPS) is 10.4. The van der Waals surface area contributed by atoms with Crippen molar-refractivity contribution >= 4 is 18.0 Å². The minimum atomic E-state index is -0.213. The highest BCUT2D eigenvalue weighted by Crippen LogP contribution is 2.00. The molecular weight excluding hydrogens is 242 g/mol. The SMILES string of the molecule is COC(=O)CCCCNC(=O)/C=C/c1ccccc1. The van der Waals surface area contributed by atoms with Gasteiger partial charge in [0.25, 0.3) is 0 Å². The highest BCUT2D eigenvalue weighted by molar-refractivity contribution is 5.91. The van der Waals surface area contributed by atoms with Gasteiger partial charge in [0.1, 0.15) is 0 Å². The largest absolute Gasteiger partial charge is 0.469 e. The van der Waals surface area contributed by atoms with Crippen LogP contribution < -0.4 is 5.32 Å². The fourth-order valence-corrected chi connectivity index (χ4v) is 1.50. The first-order chi connectivity index (χ1) is 9.22. The van der Waals surface area contributed by atoms with E-state index >= 15 is 0 Å². The van der Waals surface area contributed by atoms with E-state index in [4.69, 9.17) is 0 Å². The van der Waals surface area contributed by atoms with Gasteiger partial charge in [0.05, 0.1) is 7.11 Å². The molecule has 0 fully saturated rings. The molecule has 4 heteroatoms. The second kappa shape index (κ2) is 8.91. The topological polar surface area (TPSA) is 55.4 Å². The highest BCUT2D eigenvalue weighted by atomic mass is 16.5. The van der Waals surface area contributed by atoms with E-state index in [1.165, 1.54) is 13.2 Å². The van der Waals surface area contributed by atoms with Gasteiger partial charge >= 0.3 is 5.97 Å². The van der Waals surface area contributed by atoms with Crippen LogP contribution in [-0.4, -0.2) is 25.5 Å². The first-order valence-corrected chi connectivity index (χ1v) is 6.30. The van der Waals surface area contributed by atoms with Crippen molar-refractivity contribution in [2.24, 2.45) is 0 Å². The number of hydrogen-bond acceptors (Lipinski definition) is 3. The second-order valence-electron chi connectivity index (χ2n) is 4.07. The summed E-state index contributed by atoms with van der Waals surface area (Å²) in [4.78, 5) is 22.3. The van der Waals surface area contributed by atoms with Gasteiger partial charge < -0.3 is 10.1 Å². The second-order valence-corrected chi connectivity index (χ2v) is 4.07. The highest BCUT2D eigenvalue weighted by Gasteiger charge is 1.99. The summed E-state index contributed by atoms with van der Waals surface area (Å²) < 4.78 is 4.53. The van der Waals surface area contributed by atoms with Crippen molar-refractivity contribution in [2.45, 2.75) is 19.3 Å². The van der Waals surface area contributed by atoms with Gasteiger partial charge in [0.2, 0.25) is 5.91 Å². The summed E-state index contributed by atoms with van der Waals surface area (Å²) in [6.07, 6.45) is 5.15. The molecule has 0 aliphatic rings. The van der Waals surface area contributed by atoms with Gasteiger partial charge in [-0.3, -0.25) is 9.59 Å². The summed E-state index contributed by atoms with van der Waals surface area (Å²) in [5.41, 5.74) is 0.989. The van der Waals surface area contributed by atoms with Crippen molar-refractivity contribution in [3.8, 4) is 0 Å². The van der Waals surface area contributed by atoms with Crippen LogP contribution in [0.2, 0.25) is 0 Å². The molecule has 0 aliphatic heterocycles. The van der Waals surface area contributed by atoms with Crippen LogP contribution in [0.3, 0.4) is 0 Å². The average molecular weight is 261 g/mol. The zero-order valence-electron chi connectivity index (χ0n) is 11.1. The molecular formula is C15H19NO3. The number of amides is 1. The number of methoxy groups -OCH3 is 1. The summed E-state index contributed by atoms with van der Waals surface area (Å²) in [6.45, 7) is 0.564. The van der Waals surface area contributed by atoms with Gasteiger partial charge in [0.15, 0.2) is 0 Å². The predicted molar refractivity (Wildman–Crippen MR) is 74.4 cm³/mol. The van der Waals surface area contributed by atoms with Crippen LogP contribution in [-0.2, 0) is 14.3 Å². The van der Waals surface area contributed by atoms with Crippen molar-refractivity contribution in [3.63, 3.8) is 0 Å². The maximum absolute atomic E-state index is 11.5. The van der Waals surface area contributed by atoms with Gasteiger partial charge in [-0.15, -0.1) is 0 Å². The number of carbonyl (C=O) groups is 2. The molecule has 1 N–H and O–H groups in total. The minimum Gasteiger partial charge on any atom is -0.469 e. The molecule has 1 rings (SSSR count). The lowest BCUT2D eigenvalue weighted by Gasteiger charge is -2.01. The Balaban J connectivity index is 2.15. The van der Waals surface area contributed by atoms with E-state index in [-0.39, 0.29) is 11.9 Å². The molecule has 0 unspecified atom stereocenters. The lowest BCUT2D eigenvalue weighted by molar-refractivity contribution is -0.140. The minimum absolute atomic E-state index is 0.123. The molecule has 1 aromatic rings. The molecule has 0 saturated heterocycles. The zero-order chi connectivity index (χ0) is 13.9. The number of rotatable bonds is 7. The fourth-order valence-electron chi connectivity index (χ4n) is 1.50. The Morgan fingerprint density at radius 3 is 2.63 bits per heavy atom. The van der Waals surface area contributed by atoms with Crippen molar-refractivity contribution < 1.29 is 14.3 Å². The van der Waals surface area contributed by atoms with Crippen LogP contribution in [0.1, 0.15) is 24.8 Å². The number of nitrogens with one attached hydrogen (secondary N) is 1. The number of esters is 1. The van der Waals surface area contributed by atoms with Crippen molar-refractivity contribution in [1.82, 2.24) is 5.32 Å². The van der Waals surface area contributed by atoms with Crippen molar-refractivity contribution in [1.29, 1.82) is 0 Å². The Kier molecular flexibility index (Phi) is 7.02. The molecule has 102 valence electrons. The molecule has 1 amide bonds. The Bertz CT molecular complexity index is 426. The zero-order valence-corrected chi connectivity index (χ0v) is 11.1. The molecule has 0 aliphatic carbocycles. The number of ether oxygens (including phenoxy) is 1. The van der Waals surface area contributed by atoms with Gasteiger partial charge in [-0.25, -0.2) is 0 Å². The first kappa shape index (κ1) is 15.0. The maximum atomic E-state index is 11.5. The van der Waals surface area contributed by atoms with E-state index in [2.05, 4.69) is 10.1 Å². The molecule has 0 saturated carbocycles. The van der Waals surface area contributed by atoms with Crippen LogP contribution in [0.4, 0.5) is 0 Å². The van der Waals surface area contributed by atoms with Gasteiger partial charge in [-0.05, 0) is 24.5 Å². The van der Waals surface area contributed by atoms with Crippen LogP contribution in [0, 0.1) is 0 Å². The Labute approximate surface area is 113 Å². The van der Waals surface area contributed by atoms with Crippen LogP contribution >= 0.6 is 0 Å². The molecule has 0 bridgehead atoms. The summed E-state index contributed by atoms with van der Waals surface area (Å²) in [7, 11) is 1.37. The van der Waals surface area contributed by atoms with E-state index in [0.717, 1.165) is 18.4 Å². The van der Waals surface area contributed by atoms with E-state index in [0.29, 0.717) is 13.0 Å². The summed E-state index contributed by atoms with van der Waals surface area (Å²) in [5, 5.41) is 2.77. The molecule has 0 radical (unpaired) electrons. The van der Waals surface area contributed by atoms with Crippen molar-refractivity contribution in [3.05, 3.63) is 42.0 Å². The third-order valence-corrected chi connectivity index (χ3v) is 2.56. The molecule has 0 heterocycles. The third-order valence-electron chi connectivity index (χ3n) is 2.56. The van der Waals surface area contributed by atoms with E-state index in [1.807, 2.05) is 30.3 Å². The Morgan fingerprint density at radius 2 is 1.95 bits per heavy atom. The molecule has 0 atom stereocenters. The molecule has 1 aromatic carbocycles. The summed E-state index contributed by atoms with van der Waals surface area (Å²) in [6, 6.07) is 9.63. The number of benzene rings is 1. The monoisotopic (exact) mass is 261 g/mol. The van der Waals surface area contributed by atoms with E-state index in [9.17, 15) is 9.59 Å². The first-order valence-electron chi connectivity index (χ1n) is 6.30. The quantitative estimate of drug-likeness (QED) is 0.465. The van der Waals surface area contributed by atoms with Gasteiger partial charge in [-0.1, -0.05) is 30.3 Å². The lowest BCUT2D eigenvalue weighted by atomic mass is 10.2. The fraction of sp³-hybridized carbons (Fsp3) is 0.333. The molecule has 0 aromatic heterocycles. The lowest BCUT2D eigenvalue weighted by Crippen LogP contribution is -2.22. The standard InChI is InChI=1S/C15H19NO3/c1-19-15(18)9-5-6-12-16-14(17)11-10-13-7-3-2-4-8-13/h2-4,7-8,10-11H,5-6,9,12H2,1H3,(H,16,17)/b11-10+. The molecule has 19 heavy (non-hydrogen) atoms. The smallest absolute Gasteiger partial charge is 0.305 e. The van der Waals surface area contributed by atoms with E-state index in [1.54, 1.807) is 6.08 Å².